The molecule has 1 saturated heterocycles. The third-order valence-corrected chi connectivity index (χ3v) is 6.48. The molecular weight excluding hydrogens is 370 g/mol. The van der Waals surface area contributed by atoms with Gasteiger partial charge in [0.25, 0.3) is 5.91 Å². The monoisotopic (exact) mass is 399 g/mol. The largest absolute Gasteiger partial charge is 0.489 e. The number of likely N-dealkylation sites (N-methyl/N-ethyl adjacent to an activating group) is 1. The summed E-state index contributed by atoms with van der Waals surface area (Å²) < 4.78 is 6.35. The Morgan fingerprint density at radius 2 is 1.93 bits per heavy atom. The molecular formula is C22H29N3O4. The second-order valence-electron chi connectivity index (χ2n) is 8.09. The lowest BCUT2D eigenvalue weighted by Gasteiger charge is -2.31. The predicted molar refractivity (Wildman–Crippen MR) is 107 cm³/mol. The summed E-state index contributed by atoms with van der Waals surface area (Å²) in [6.07, 6.45) is 4.16. The normalized spacial score (nSPS) is 26.8. The molecule has 7 nitrogen and oxygen atoms in total. The minimum Gasteiger partial charge on any atom is -0.489 e. The van der Waals surface area contributed by atoms with Gasteiger partial charge in [-0.3, -0.25) is 24.6 Å². The van der Waals surface area contributed by atoms with Crippen LogP contribution in [0.3, 0.4) is 0 Å². The zero-order valence-corrected chi connectivity index (χ0v) is 17.1. The van der Waals surface area contributed by atoms with E-state index in [2.05, 4.69) is 24.1 Å². The van der Waals surface area contributed by atoms with E-state index < -0.39 is 6.04 Å². The van der Waals surface area contributed by atoms with Gasteiger partial charge >= 0.3 is 0 Å². The van der Waals surface area contributed by atoms with Gasteiger partial charge in [-0.05, 0) is 62.5 Å². The summed E-state index contributed by atoms with van der Waals surface area (Å²) in [5.41, 5.74) is 1.50. The van der Waals surface area contributed by atoms with Crippen molar-refractivity contribution in [1.82, 2.24) is 15.1 Å². The van der Waals surface area contributed by atoms with E-state index in [0.29, 0.717) is 24.6 Å². The molecule has 1 aliphatic carbocycles. The van der Waals surface area contributed by atoms with Crippen LogP contribution >= 0.6 is 0 Å². The van der Waals surface area contributed by atoms with Crippen LogP contribution in [-0.4, -0.2) is 58.8 Å². The Morgan fingerprint density at radius 3 is 2.66 bits per heavy atom. The molecule has 1 N–H and O–H groups in total. The second kappa shape index (κ2) is 8.14. The van der Waals surface area contributed by atoms with Crippen LogP contribution in [-0.2, 0) is 16.1 Å². The minimum atomic E-state index is -0.584. The van der Waals surface area contributed by atoms with Crippen LogP contribution in [0.15, 0.2) is 18.2 Å². The molecule has 0 radical (unpaired) electrons. The first-order valence-corrected chi connectivity index (χ1v) is 10.7. The van der Waals surface area contributed by atoms with E-state index in [0.717, 1.165) is 37.2 Å². The van der Waals surface area contributed by atoms with Crippen LogP contribution in [0, 0.1) is 0 Å². The number of carbonyl (C=O) groups excluding carboxylic acids is 3. The highest BCUT2D eigenvalue weighted by molar-refractivity contribution is 6.05. The van der Waals surface area contributed by atoms with Crippen LogP contribution < -0.4 is 10.1 Å². The number of rotatable bonds is 6. The first kappa shape index (κ1) is 19.9. The summed E-state index contributed by atoms with van der Waals surface area (Å²) in [4.78, 5) is 40.4. The number of fused-ring (bicyclic) bond motifs is 1. The number of piperidine rings is 1. The molecule has 2 unspecified atom stereocenters. The molecule has 0 aromatic heterocycles. The minimum absolute atomic E-state index is 0.150. The molecule has 1 aromatic carbocycles. The Bertz CT molecular complexity index is 820. The summed E-state index contributed by atoms with van der Waals surface area (Å²) in [5, 5.41) is 2.34. The molecule has 29 heavy (non-hydrogen) atoms. The van der Waals surface area contributed by atoms with Gasteiger partial charge in [0, 0.05) is 24.6 Å². The van der Waals surface area contributed by atoms with E-state index in [9.17, 15) is 14.4 Å². The molecule has 3 amide bonds. The van der Waals surface area contributed by atoms with Gasteiger partial charge in [-0.1, -0.05) is 13.8 Å². The second-order valence-corrected chi connectivity index (χ2v) is 8.09. The van der Waals surface area contributed by atoms with Crippen molar-refractivity contribution in [2.75, 3.05) is 13.1 Å². The van der Waals surface area contributed by atoms with Crippen LogP contribution in [0.25, 0.3) is 0 Å². The van der Waals surface area contributed by atoms with Gasteiger partial charge in [0.15, 0.2) is 0 Å². The van der Waals surface area contributed by atoms with Crippen molar-refractivity contribution >= 4 is 17.7 Å². The summed E-state index contributed by atoms with van der Waals surface area (Å²) in [7, 11) is 0. The third-order valence-electron chi connectivity index (χ3n) is 6.48. The summed E-state index contributed by atoms with van der Waals surface area (Å²) in [6, 6.07) is 5.46. The van der Waals surface area contributed by atoms with E-state index >= 15 is 0 Å². The fourth-order valence-corrected chi connectivity index (χ4v) is 4.95. The van der Waals surface area contributed by atoms with E-state index in [-0.39, 0.29) is 30.2 Å². The SMILES string of the molecule is CCN(CC)C1CCC[C@@H]1Oc1ccc2c(c1)CN(C1CCC(=O)NC1=O)C2=O. The van der Waals surface area contributed by atoms with Crippen molar-refractivity contribution in [2.45, 2.75) is 70.7 Å². The number of hydrogen-bond acceptors (Lipinski definition) is 5. The molecule has 0 spiro atoms. The molecule has 2 aliphatic heterocycles. The number of nitrogens with one attached hydrogen (secondary N) is 1. The molecule has 3 atom stereocenters. The topological polar surface area (TPSA) is 79.0 Å². The smallest absolute Gasteiger partial charge is 0.255 e. The lowest BCUT2D eigenvalue weighted by Crippen LogP contribution is -2.52. The maximum atomic E-state index is 12.8. The lowest BCUT2D eigenvalue weighted by molar-refractivity contribution is -0.136. The average Bonchev–Trinajstić information content (AvgIpc) is 3.28. The molecule has 3 aliphatic rings. The first-order chi connectivity index (χ1) is 14.0. The fraction of sp³-hybridized carbons (Fsp3) is 0.591. The number of ether oxygens (including phenoxy) is 1. The van der Waals surface area contributed by atoms with Crippen molar-refractivity contribution in [3.05, 3.63) is 29.3 Å². The Hall–Kier alpha value is -2.41. The van der Waals surface area contributed by atoms with Gasteiger partial charge in [0.1, 0.15) is 17.9 Å². The highest BCUT2D eigenvalue weighted by atomic mass is 16.5. The Kier molecular flexibility index (Phi) is 5.58. The zero-order valence-electron chi connectivity index (χ0n) is 17.1. The van der Waals surface area contributed by atoms with Crippen molar-refractivity contribution in [3.8, 4) is 5.75 Å². The predicted octanol–water partition coefficient (Wildman–Crippen LogP) is 2.09. The number of carbonyl (C=O) groups is 3. The molecule has 156 valence electrons. The standard InChI is InChI=1S/C22H29N3O4/c1-3-24(4-2)17-6-5-7-19(17)29-15-8-9-16-14(12-15)13-25(22(16)28)18-10-11-20(26)23-21(18)27/h8-9,12,17-19H,3-7,10-11,13H2,1-2H3,(H,23,26,27)/t17?,18?,19-/m0/s1. The highest BCUT2D eigenvalue weighted by Gasteiger charge is 2.39. The molecule has 7 heteroatoms. The van der Waals surface area contributed by atoms with Crippen LogP contribution in [0.2, 0.25) is 0 Å². The van der Waals surface area contributed by atoms with Gasteiger partial charge in [-0.15, -0.1) is 0 Å². The summed E-state index contributed by atoms with van der Waals surface area (Å²) in [5.74, 6) is -0.0222. The first-order valence-electron chi connectivity index (χ1n) is 10.7. The Morgan fingerprint density at radius 1 is 1.14 bits per heavy atom. The maximum Gasteiger partial charge on any atom is 0.255 e. The number of imide groups is 1. The molecule has 2 heterocycles. The summed E-state index contributed by atoms with van der Waals surface area (Å²) in [6.45, 7) is 6.77. The van der Waals surface area contributed by atoms with E-state index in [1.807, 2.05) is 12.1 Å². The Balaban J connectivity index is 1.48. The van der Waals surface area contributed by atoms with Gasteiger partial charge in [-0.2, -0.15) is 0 Å². The lowest BCUT2D eigenvalue weighted by atomic mass is 10.0. The molecule has 1 aromatic rings. The van der Waals surface area contributed by atoms with E-state index in [4.69, 9.17) is 4.74 Å². The number of hydrogen-bond donors (Lipinski definition) is 1. The average molecular weight is 399 g/mol. The molecule has 1 saturated carbocycles. The number of benzene rings is 1. The van der Waals surface area contributed by atoms with Crippen molar-refractivity contribution in [2.24, 2.45) is 0 Å². The third kappa shape index (κ3) is 3.75. The van der Waals surface area contributed by atoms with E-state index in [1.165, 1.54) is 6.42 Å². The molecule has 4 rings (SSSR count). The summed E-state index contributed by atoms with van der Waals surface area (Å²) >= 11 is 0. The van der Waals surface area contributed by atoms with Gasteiger partial charge in [0.05, 0.1) is 0 Å². The zero-order chi connectivity index (χ0) is 20.5. The van der Waals surface area contributed by atoms with Crippen LogP contribution in [0.4, 0.5) is 0 Å². The van der Waals surface area contributed by atoms with Crippen molar-refractivity contribution in [1.29, 1.82) is 0 Å². The maximum absolute atomic E-state index is 12.8. The quantitative estimate of drug-likeness (QED) is 0.741. The Labute approximate surface area is 171 Å². The van der Waals surface area contributed by atoms with Crippen molar-refractivity contribution in [3.63, 3.8) is 0 Å². The fourth-order valence-electron chi connectivity index (χ4n) is 4.95. The molecule has 0 bridgehead atoms. The van der Waals surface area contributed by atoms with Crippen LogP contribution in [0.1, 0.15) is 61.9 Å². The number of amides is 3. The van der Waals surface area contributed by atoms with Gasteiger partial charge in [-0.25, -0.2) is 0 Å². The van der Waals surface area contributed by atoms with E-state index in [1.54, 1.807) is 11.0 Å². The highest BCUT2D eigenvalue weighted by Crippen LogP contribution is 2.33. The van der Waals surface area contributed by atoms with Crippen LogP contribution in [0.5, 0.6) is 5.75 Å². The van der Waals surface area contributed by atoms with Gasteiger partial charge in [0.2, 0.25) is 11.8 Å². The molecule has 2 fully saturated rings. The van der Waals surface area contributed by atoms with Gasteiger partial charge < -0.3 is 9.64 Å². The van der Waals surface area contributed by atoms with Crippen molar-refractivity contribution < 1.29 is 19.1 Å². The number of nitrogens with zero attached hydrogens (tertiary/aromatic N) is 2.